The molecular weight excluding hydrogens is 332 g/mol. The van der Waals surface area contributed by atoms with Crippen LogP contribution in [0.1, 0.15) is 42.0 Å². The monoisotopic (exact) mass is 364 g/mol. The lowest BCUT2D eigenvalue weighted by Crippen LogP contribution is -2.46. The van der Waals surface area contributed by atoms with Gasteiger partial charge < -0.3 is 5.32 Å². The van der Waals surface area contributed by atoms with Crippen molar-refractivity contribution in [3.63, 3.8) is 0 Å². The number of hydrogen-bond donors (Lipinski definition) is 1. The number of likely N-dealkylation sites (tertiary alicyclic amines) is 1. The molecule has 1 N–H and O–H groups in total. The fourth-order valence-electron chi connectivity index (χ4n) is 4.26. The number of amides is 1. The first-order valence-corrected chi connectivity index (χ1v) is 10.1. The topological polar surface area (TPSA) is 32.3 Å². The smallest absolute Gasteiger partial charge is 0.241 e. The second-order valence-electron chi connectivity index (χ2n) is 8.11. The van der Waals surface area contributed by atoms with Crippen molar-refractivity contribution < 1.29 is 4.79 Å². The highest BCUT2D eigenvalue weighted by Gasteiger charge is 2.27. The van der Waals surface area contributed by atoms with Crippen LogP contribution in [0.25, 0.3) is 0 Å². The van der Waals surface area contributed by atoms with Gasteiger partial charge in [0.25, 0.3) is 0 Å². The maximum Gasteiger partial charge on any atom is 0.241 e. The molecule has 0 unspecified atom stereocenters. The molecule has 1 amide bonds. The summed E-state index contributed by atoms with van der Waals surface area (Å²) in [6.07, 6.45) is 3.47. The minimum absolute atomic E-state index is 0.0946. The molecule has 0 bridgehead atoms. The van der Waals surface area contributed by atoms with Crippen molar-refractivity contribution in [3.8, 4) is 0 Å². The van der Waals surface area contributed by atoms with Crippen molar-refractivity contribution in [1.82, 2.24) is 4.90 Å². The first-order valence-electron chi connectivity index (χ1n) is 10.1. The first-order chi connectivity index (χ1) is 12.9. The zero-order chi connectivity index (χ0) is 19.4. The number of benzene rings is 2. The third-order valence-electron chi connectivity index (χ3n) is 5.87. The number of anilines is 1. The molecule has 1 fully saturated rings. The highest BCUT2D eigenvalue weighted by atomic mass is 16.2. The van der Waals surface area contributed by atoms with Crippen LogP contribution in [0.3, 0.4) is 0 Å². The summed E-state index contributed by atoms with van der Waals surface area (Å²) in [5, 5.41) is 3.17. The Balaban J connectivity index is 1.54. The van der Waals surface area contributed by atoms with Gasteiger partial charge in [-0.3, -0.25) is 9.69 Å². The Morgan fingerprint density at radius 1 is 1.07 bits per heavy atom. The Morgan fingerprint density at radius 3 is 2.26 bits per heavy atom. The van der Waals surface area contributed by atoms with Gasteiger partial charge in [0.2, 0.25) is 5.91 Å². The molecule has 2 aromatic rings. The van der Waals surface area contributed by atoms with Crippen LogP contribution in [0.5, 0.6) is 0 Å². The Labute approximate surface area is 163 Å². The molecule has 3 heteroatoms. The molecule has 0 aliphatic carbocycles. The normalized spacial score (nSPS) is 16.9. The van der Waals surface area contributed by atoms with Crippen molar-refractivity contribution in [2.75, 3.05) is 18.4 Å². The summed E-state index contributed by atoms with van der Waals surface area (Å²) in [5.41, 5.74) is 5.89. The summed E-state index contributed by atoms with van der Waals surface area (Å²) < 4.78 is 0. The number of rotatable bonds is 5. The lowest BCUT2D eigenvalue weighted by Gasteiger charge is -2.35. The second kappa shape index (κ2) is 8.71. The van der Waals surface area contributed by atoms with Gasteiger partial charge in [-0.1, -0.05) is 48.0 Å². The van der Waals surface area contributed by atoms with Crippen molar-refractivity contribution in [3.05, 3.63) is 64.7 Å². The van der Waals surface area contributed by atoms with Gasteiger partial charge in [-0.25, -0.2) is 0 Å². The fraction of sp³-hybridized carbons (Fsp3) is 0.458. The highest BCUT2D eigenvalue weighted by molar-refractivity contribution is 5.96. The van der Waals surface area contributed by atoms with E-state index in [1.165, 1.54) is 11.1 Å². The third-order valence-corrected chi connectivity index (χ3v) is 5.87. The summed E-state index contributed by atoms with van der Waals surface area (Å²) in [5.74, 6) is 0.826. The molecule has 27 heavy (non-hydrogen) atoms. The van der Waals surface area contributed by atoms with E-state index in [9.17, 15) is 4.79 Å². The average Bonchev–Trinajstić information content (AvgIpc) is 2.65. The largest absolute Gasteiger partial charge is 0.324 e. The molecule has 2 aromatic carbocycles. The Morgan fingerprint density at radius 2 is 1.67 bits per heavy atom. The van der Waals surface area contributed by atoms with Gasteiger partial charge in [-0.05, 0) is 82.7 Å². The van der Waals surface area contributed by atoms with Crippen molar-refractivity contribution in [2.24, 2.45) is 5.92 Å². The van der Waals surface area contributed by atoms with Crippen molar-refractivity contribution >= 4 is 11.6 Å². The van der Waals surface area contributed by atoms with E-state index in [0.717, 1.165) is 55.1 Å². The van der Waals surface area contributed by atoms with Gasteiger partial charge in [0.05, 0.1) is 6.04 Å². The molecule has 0 radical (unpaired) electrons. The van der Waals surface area contributed by atoms with Crippen LogP contribution in [0.4, 0.5) is 5.69 Å². The Hall–Kier alpha value is -2.13. The average molecular weight is 365 g/mol. The number of nitrogens with one attached hydrogen (secondary N) is 1. The maximum absolute atomic E-state index is 12.8. The molecular formula is C24H32N2O. The molecule has 3 rings (SSSR count). The van der Waals surface area contributed by atoms with Gasteiger partial charge >= 0.3 is 0 Å². The van der Waals surface area contributed by atoms with Gasteiger partial charge in [0, 0.05) is 5.69 Å². The molecule has 1 atom stereocenters. The molecule has 144 valence electrons. The van der Waals surface area contributed by atoms with Gasteiger partial charge in [-0.2, -0.15) is 0 Å². The number of piperidine rings is 1. The molecule has 1 saturated heterocycles. The molecule has 0 spiro atoms. The minimum Gasteiger partial charge on any atom is -0.324 e. The molecule has 1 aliphatic rings. The van der Waals surface area contributed by atoms with Gasteiger partial charge in [-0.15, -0.1) is 0 Å². The third kappa shape index (κ3) is 4.98. The lowest BCUT2D eigenvalue weighted by molar-refractivity contribution is -0.121. The standard InChI is InChI=1S/C24H32N2O/c1-17-14-18(2)23(19(3)15-17)25-24(27)20(4)26-12-10-22(11-13-26)16-21-8-6-5-7-9-21/h5-9,14-15,20,22H,10-13,16H2,1-4H3,(H,25,27)/t20-/m1/s1. The van der Waals surface area contributed by atoms with Crippen LogP contribution in [-0.2, 0) is 11.2 Å². The summed E-state index contributed by atoms with van der Waals surface area (Å²) >= 11 is 0. The van der Waals surface area contributed by atoms with E-state index in [0.29, 0.717) is 0 Å². The Kier molecular flexibility index (Phi) is 6.33. The molecule has 0 aromatic heterocycles. The highest BCUT2D eigenvalue weighted by Crippen LogP contribution is 2.25. The number of carbonyl (C=O) groups excluding carboxylic acids is 1. The quantitative estimate of drug-likeness (QED) is 0.819. The molecule has 1 heterocycles. The first kappa shape index (κ1) is 19.6. The van der Waals surface area contributed by atoms with E-state index in [1.54, 1.807) is 0 Å². The van der Waals surface area contributed by atoms with Crippen LogP contribution in [0, 0.1) is 26.7 Å². The van der Waals surface area contributed by atoms with Crippen LogP contribution in [0.2, 0.25) is 0 Å². The fourth-order valence-corrected chi connectivity index (χ4v) is 4.26. The number of aryl methyl sites for hydroxylation is 3. The SMILES string of the molecule is Cc1cc(C)c(NC(=O)[C@@H](C)N2CCC(Cc3ccccc3)CC2)c(C)c1. The second-order valence-corrected chi connectivity index (χ2v) is 8.11. The number of hydrogen-bond acceptors (Lipinski definition) is 2. The predicted molar refractivity (Wildman–Crippen MR) is 113 cm³/mol. The van der Waals surface area contributed by atoms with E-state index < -0.39 is 0 Å². The summed E-state index contributed by atoms with van der Waals surface area (Å²) in [7, 11) is 0. The minimum atomic E-state index is -0.0946. The predicted octanol–water partition coefficient (Wildman–Crippen LogP) is 4.89. The van der Waals surface area contributed by atoms with E-state index in [-0.39, 0.29) is 11.9 Å². The lowest BCUT2D eigenvalue weighted by atomic mass is 9.89. The van der Waals surface area contributed by atoms with Crippen molar-refractivity contribution in [1.29, 1.82) is 0 Å². The van der Waals surface area contributed by atoms with Crippen LogP contribution < -0.4 is 5.32 Å². The molecule has 0 saturated carbocycles. The van der Waals surface area contributed by atoms with E-state index >= 15 is 0 Å². The van der Waals surface area contributed by atoms with E-state index in [1.807, 2.05) is 6.92 Å². The number of nitrogens with zero attached hydrogens (tertiary/aromatic N) is 1. The summed E-state index contributed by atoms with van der Waals surface area (Å²) in [4.78, 5) is 15.1. The van der Waals surface area contributed by atoms with E-state index in [2.05, 4.69) is 73.5 Å². The van der Waals surface area contributed by atoms with Gasteiger partial charge in [0.1, 0.15) is 0 Å². The van der Waals surface area contributed by atoms with Crippen LogP contribution in [0.15, 0.2) is 42.5 Å². The van der Waals surface area contributed by atoms with Crippen LogP contribution in [-0.4, -0.2) is 29.9 Å². The zero-order valence-corrected chi connectivity index (χ0v) is 17.1. The zero-order valence-electron chi connectivity index (χ0n) is 17.1. The summed E-state index contributed by atoms with van der Waals surface area (Å²) in [6, 6.07) is 14.9. The number of carbonyl (C=O) groups is 1. The Bertz CT molecular complexity index is 753. The molecule has 3 nitrogen and oxygen atoms in total. The molecule has 1 aliphatic heterocycles. The maximum atomic E-state index is 12.8. The van der Waals surface area contributed by atoms with Crippen molar-refractivity contribution in [2.45, 2.75) is 53.0 Å². The van der Waals surface area contributed by atoms with Crippen LogP contribution >= 0.6 is 0 Å². The van der Waals surface area contributed by atoms with E-state index in [4.69, 9.17) is 0 Å². The summed E-state index contributed by atoms with van der Waals surface area (Å²) in [6.45, 7) is 10.3. The van der Waals surface area contributed by atoms with Gasteiger partial charge in [0.15, 0.2) is 0 Å².